The van der Waals surface area contributed by atoms with E-state index in [1.54, 1.807) is 0 Å². The second-order valence-corrected chi connectivity index (χ2v) is 7.45. The van der Waals surface area contributed by atoms with Crippen LogP contribution in [0.15, 0.2) is 12.2 Å². The molecule has 0 radical (unpaired) electrons. The zero-order valence-electron chi connectivity index (χ0n) is 18.0. The molecule has 0 aliphatic heterocycles. The van der Waals surface area contributed by atoms with E-state index in [0.717, 1.165) is 12.8 Å². The number of aldehydes is 1. The predicted molar refractivity (Wildman–Crippen MR) is 116 cm³/mol. The third kappa shape index (κ3) is 20.7. The van der Waals surface area contributed by atoms with E-state index >= 15 is 0 Å². The highest BCUT2D eigenvalue weighted by molar-refractivity contribution is 6.23. The van der Waals surface area contributed by atoms with Crippen LogP contribution in [-0.4, -0.2) is 31.2 Å². The Kier molecular flexibility index (Phi) is 20.4. The van der Waals surface area contributed by atoms with Crippen LogP contribution in [0.1, 0.15) is 103 Å². The fraction of sp³-hybridized carbons (Fsp3) is 0.783. The smallest absolute Gasteiger partial charge is 0.284 e. The molecule has 0 aliphatic rings. The molecule has 0 atom stereocenters. The van der Waals surface area contributed by atoms with Crippen molar-refractivity contribution in [2.75, 3.05) is 13.1 Å². The summed E-state index contributed by atoms with van der Waals surface area (Å²) in [6, 6.07) is 0. The highest BCUT2D eigenvalue weighted by Crippen LogP contribution is 2.09. The molecule has 0 heterocycles. The molecule has 0 aromatic carbocycles. The number of carbonyl (C=O) groups excluding carboxylic acids is 3. The highest BCUT2D eigenvalue weighted by atomic mass is 16.2. The van der Waals surface area contributed by atoms with Crippen LogP contribution in [0, 0.1) is 0 Å². The van der Waals surface area contributed by atoms with Gasteiger partial charge in [0.05, 0.1) is 0 Å². The Morgan fingerprint density at radius 1 is 0.679 bits per heavy atom. The molecule has 0 rings (SSSR count). The molecule has 0 saturated carbocycles. The lowest BCUT2D eigenvalue weighted by molar-refractivity contribution is -0.131. The van der Waals surface area contributed by atoms with Crippen molar-refractivity contribution in [2.45, 2.75) is 103 Å². The van der Waals surface area contributed by atoms with Gasteiger partial charge < -0.3 is 10.6 Å². The normalized spacial score (nSPS) is 10.9. The zero-order chi connectivity index (χ0) is 20.7. The van der Waals surface area contributed by atoms with Gasteiger partial charge in [0, 0.05) is 19.5 Å². The van der Waals surface area contributed by atoms with Crippen LogP contribution in [0.3, 0.4) is 0 Å². The Balaban J connectivity index is 3.25. The van der Waals surface area contributed by atoms with Gasteiger partial charge in [-0.15, -0.1) is 0 Å². The molecular weight excluding hydrogens is 352 g/mol. The van der Waals surface area contributed by atoms with E-state index in [1.807, 2.05) is 0 Å². The van der Waals surface area contributed by atoms with Gasteiger partial charge >= 0.3 is 0 Å². The maximum absolute atomic E-state index is 11.7. The van der Waals surface area contributed by atoms with Crippen molar-refractivity contribution < 1.29 is 14.4 Å². The number of hydrogen-bond acceptors (Lipinski definition) is 3. The maximum atomic E-state index is 11.7. The van der Waals surface area contributed by atoms with Crippen molar-refractivity contribution in [3.63, 3.8) is 0 Å². The van der Waals surface area contributed by atoms with Gasteiger partial charge in [-0.25, -0.2) is 0 Å². The number of nitrogens with one attached hydrogen (secondary N) is 2. The molecule has 162 valence electrons. The lowest BCUT2D eigenvalue weighted by atomic mass is 10.1. The SMILES string of the molecule is CCCCCCCCC=CCCCCCCCC(=O)NCCCNC(=O)C=O. The van der Waals surface area contributed by atoms with Crippen LogP contribution in [-0.2, 0) is 14.4 Å². The molecule has 5 heteroatoms. The summed E-state index contributed by atoms with van der Waals surface area (Å²) in [7, 11) is 0. The van der Waals surface area contributed by atoms with Crippen LogP contribution in [0.2, 0.25) is 0 Å². The first-order chi connectivity index (χ1) is 13.7. The molecule has 0 spiro atoms. The summed E-state index contributed by atoms with van der Waals surface area (Å²) < 4.78 is 0. The van der Waals surface area contributed by atoms with Gasteiger partial charge in [-0.3, -0.25) is 14.4 Å². The van der Waals surface area contributed by atoms with Gasteiger partial charge in [0.25, 0.3) is 5.91 Å². The third-order valence-corrected chi connectivity index (χ3v) is 4.75. The molecule has 0 unspecified atom stereocenters. The van der Waals surface area contributed by atoms with Gasteiger partial charge in [0.2, 0.25) is 12.2 Å². The van der Waals surface area contributed by atoms with E-state index < -0.39 is 5.91 Å². The summed E-state index contributed by atoms with van der Waals surface area (Å²) in [5.74, 6) is -0.543. The van der Waals surface area contributed by atoms with Crippen LogP contribution in [0.4, 0.5) is 0 Å². The van der Waals surface area contributed by atoms with Crippen molar-refractivity contribution in [2.24, 2.45) is 0 Å². The lowest BCUT2D eigenvalue weighted by Gasteiger charge is -2.05. The minimum Gasteiger partial charge on any atom is -0.356 e. The fourth-order valence-corrected chi connectivity index (χ4v) is 3.01. The second kappa shape index (κ2) is 21.6. The molecule has 0 bridgehead atoms. The zero-order valence-corrected chi connectivity index (χ0v) is 18.0. The fourth-order valence-electron chi connectivity index (χ4n) is 3.01. The number of hydrogen-bond donors (Lipinski definition) is 2. The summed E-state index contributed by atoms with van der Waals surface area (Å²) in [6.07, 6.45) is 22.4. The lowest BCUT2D eigenvalue weighted by Crippen LogP contribution is -2.30. The standard InChI is InChI=1S/C23H42N2O3/c1-2-3-4-5-6-7-8-9-10-11-12-13-14-15-16-18-22(27)24-19-17-20-25-23(28)21-26/h9-10,21H,2-8,11-20H2,1H3,(H,24,27)(H,25,28). The van der Waals surface area contributed by atoms with Crippen molar-refractivity contribution in [3.8, 4) is 0 Å². The molecule has 28 heavy (non-hydrogen) atoms. The number of unbranched alkanes of at least 4 members (excludes halogenated alkanes) is 11. The van der Waals surface area contributed by atoms with Gasteiger partial charge in [-0.2, -0.15) is 0 Å². The first-order valence-electron chi connectivity index (χ1n) is 11.4. The molecule has 0 aromatic rings. The van der Waals surface area contributed by atoms with Crippen LogP contribution >= 0.6 is 0 Å². The largest absolute Gasteiger partial charge is 0.356 e. The molecule has 0 aromatic heterocycles. The maximum Gasteiger partial charge on any atom is 0.284 e. The molecular formula is C23H42N2O3. The number of allylic oxidation sites excluding steroid dienone is 2. The van der Waals surface area contributed by atoms with E-state index in [1.165, 1.54) is 70.6 Å². The highest BCUT2D eigenvalue weighted by Gasteiger charge is 2.01. The summed E-state index contributed by atoms with van der Waals surface area (Å²) >= 11 is 0. The Bertz CT molecular complexity index is 422. The van der Waals surface area contributed by atoms with Gasteiger partial charge in [0.1, 0.15) is 0 Å². The summed E-state index contributed by atoms with van der Waals surface area (Å²) in [6.45, 7) is 3.19. The van der Waals surface area contributed by atoms with Gasteiger partial charge in [0.15, 0.2) is 0 Å². The number of carbonyl (C=O) groups is 3. The van der Waals surface area contributed by atoms with Crippen molar-refractivity contribution >= 4 is 18.1 Å². The van der Waals surface area contributed by atoms with E-state index in [0.29, 0.717) is 25.9 Å². The Morgan fingerprint density at radius 2 is 1.21 bits per heavy atom. The van der Waals surface area contributed by atoms with Gasteiger partial charge in [-0.1, -0.05) is 70.4 Å². The molecule has 2 amide bonds. The van der Waals surface area contributed by atoms with E-state index in [-0.39, 0.29) is 12.2 Å². The molecule has 0 fully saturated rings. The van der Waals surface area contributed by atoms with E-state index in [2.05, 4.69) is 29.7 Å². The molecule has 2 N–H and O–H groups in total. The first-order valence-corrected chi connectivity index (χ1v) is 11.4. The molecule has 5 nitrogen and oxygen atoms in total. The third-order valence-electron chi connectivity index (χ3n) is 4.75. The van der Waals surface area contributed by atoms with Crippen molar-refractivity contribution in [1.82, 2.24) is 10.6 Å². The van der Waals surface area contributed by atoms with Crippen LogP contribution in [0.5, 0.6) is 0 Å². The number of rotatable bonds is 20. The van der Waals surface area contributed by atoms with E-state index in [4.69, 9.17) is 0 Å². The van der Waals surface area contributed by atoms with Crippen LogP contribution < -0.4 is 10.6 Å². The Morgan fingerprint density at radius 3 is 1.82 bits per heavy atom. The minimum atomic E-state index is -0.611. The number of amides is 2. The van der Waals surface area contributed by atoms with Gasteiger partial charge in [-0.05, 0) is 38.5 Å². The average Bonchev–Trinajstić information content (AvgIpc) is 2.70. The first kappa shape index (κ1) is 26.4. The second-order valence-electron chi connectivity index (χ2n) is 7.45. The monoisotopic (exact) mass is 394 g/mol. The predicted octanol–water partition coefficient (Wildman–Crippen LogP) is 4.85. The summed E-state index contributed by atoms with van der Waals surface area (Å²) in [5.41, 5.74) is 0. The average molecular weight is 395 g/mol. The quantitative estimate of drug-likeness (QED) is 0.134. The Hall–Kier alpha value is -1.65. The van der Waals surface area contributed by atoms with E-state index in [9.17, 15) is 14.4 Å². The van der Waals surface area contributed by atoms with Crippen molar-refractivity contribution in [1.29, 1.82) is 0 Å². The van der Waals surface area contributed by atoms with Crippen molar-refractivity contribution in [3.05, 3.63) is 12.2 Å². The Labute approximate surface area is 172 Å². The molecule has 0 aliphatic carbocycles. The summed E-state index contributed by atoms with van der Waals surface area (Å²) in [5, 5.41) is 5.28. The van der Waals surface area contributed by atoms with Crippen LogP contribution in [0.25, 0.3) is 0 Å². The minimum absolute atomic E-state index is 0.0688. The topological polar surface area (TPSA) is 75.3 Å². The molecule has 0 saturated heterocycles. The summed E-state index contributed by atoms with van der Waals surface area (Å²) in [4.78, 5) is 32.5.